The fraction of sp³-hybridized carbons (Fsp3) is 0.538. The summed E-state index contributed by atoms with van der Waals surface area (Å²) in [4.78, 5) is 12.6. The van der Waals surface area contributed by atoms with Crippen LogP contribution < -0.4 is 10.2 Å². The van der Waals surface area contributed by atoms with E-state index in [4.69, 9.17) is 0 Å². The van der Waals surface area contributed by atoms with Crippen molar-refractivity contribution in [3.05, 3.63) is 34.1 Å². The first-order chi connectivity index (χ1) is 9.15. The first kappa shape index (κ1) is 12.3. The van der Waals surface area contributed by atoms with Crippen molar-refractivity contribution in [2.45, 2.75) is 18.9 Å². The number of halogens is 1. The number of benzene rings is 1. The third kappa shape index (κ3) is 2.28. The van der Waals surface area contributed by atoms with Crippen LogP contribution in [0.3, 0.4) is 0 Å². The number of nitro groups is 1. The van der Waals surface area contributed by atoms with E-state index in [1.807, 2.05) is 4.90 Å². The van der Waals surface area contributed by atoms with E-state index in [-0.39, 0.29) is 5.69 Å². The zero-order valence-electron chi connectivity index (χ0n) is 10.5. The predicted molar refractivity (Wildman–Crippen MR) is 69.8 cm³/mol. The number of rotatable bonds is 2. The molecule has 0 aromatic heterocycles. The maximum absolute atomic E-state index is 13.2. The van der Waals surface area contributed by atoms with Crippen LogP contribution in [0.1, 0.15) is 12.8 Å². The van der Waals surface area contributed by atoms with E-state index in [0.717, 1.165) is 38.5 Å². The summed E-state index contributed by atoms with van der Waals surface area (Å²) < 4.78 is 13.2. The first-order valence-corrected chi connectivity index (χ1v) is 6.57. The van der Waals surface area contributed by atoms with Crippen LogP contribution in [0.4, 0.5) is 15.8 Å². The van der Waals surface area contributed by atoms with Gasteiger partial charge >= 0.3 is 0 Å². The molecule has 0 amide bonds. The molecule has 0 spiro atoms. The van der Waals surface area contributed by atoms with E-state index < -0.39 is 10.7 Å². The Kier molecular flexibility index (Phi) is 3.10. The van der Waals surface area contributed by atoms with Crippen LogP contribution in [0.2, 0.25) is 0 Å². The van der Waals surface area contributed by atoms with E-state index in [1.54, 1.807) is 0 Å². The summed E-state index contributed by atoms with van der Waals surface area (Å²) in [5.74, 6) is -0.0220. The summed E-state index contributed by atoms with van der Waals surface area (Å²) in [6.07, 6.45) is 2.09. The van der Waals surface area contributed by atoms with Crippen LogP contribution in [-0.2, 0) is 0 Å². The molecule has 1 N–H and O–H groups in total. The number of piperidine rings is 1. The van der Waals surface area contributed by atoms with Gasteiger partial charge in [-0.3, -0.25) is 10.1 Å². The molecule has 0 bridgehead atoms. The minimum Gasteiger partial charge on any atom is -0.366 e. The second kappa shape index (κ2) is 4.77. The lowest BCUT2D eigenvalue weighted by molar-refractivity contribution is -0.384. The van der Waals surface area contributed by atoms with Crippen molar-refractivity contribution >= 4 is 11.4 Å². The Labute approximate surface area is 110 Å². The number of hydrogen-bond donors (Lipinski definition) is 1. The summed E-state index contributed by atoms with van der Waals surface area (Å²) in [7, 11) is 0. The van der Waals surface area contributed by atoms with Gasteiger partial charge in [-0.25, -0.2) is 4.39 Å². The minimum absolute atomic E-state index is 0.135. The molecule has 3 rings (SSSR count). The number of hydrogen-bond acceptors (Lipinski definition) is 4. The summed E-state index contributed by atoms with van der Waals surface area (Å²) in [5.41, 5.74) is 0.404. The lowest BCUT2D eigenvalue weighted by Gasteiger charge is -2.36. The van der Waals surface area contributed by atoms with Crippen molar-refractivity contribution in [1.29, 1.82) is 0 Å². The van der Waals surface area contributed by atoms with Crippen molar-refractivity contribution < 1.29 is 9.31 Å². The molecular weight excluding hydrogens is 249 g/mol. The Bertz CT molecular complexity index is 509. The van der Waals surface area contributed by atoms with Crippen LogP contribution in [0, 0.1) is 21.8 Å². The zero-order valence-corrected chi connectivity index (χ0v) is 10.5. The van der Waals surface area contributed by atoms with Crippen molar-refractivity contribution in [2.75, 3.05) is 24.5 Å². The second-order valence-electron chi connectivity index (χ2n) is 5.23. The van der Waals surface area contributed by atoms with Gasteiger partial charge in [0.2, 0.25) is 0 Å². The van der Waals surface area contributed by atoms with E-state index in [1.165, 1.54) is 12.1 Å². The van der Waals surface area contributed by atoms with Gasteiger partial charge in [0.05, 0.1) is 11.0 Å². The van der Waals surface area contributed by atoms with Gasteiger partial charge in [0.1, 0.15) is 11.5 Å². The van der Waals surface area contributed by atoms with Gasteiger partial charge in [0.25, 0.3) is 5.69 Å². The van der Waals surface area contributed by atoms with Crippen molar-refractivity contribution in [3.63, 3.8) is 0 Å². The average molecular weight is 265 g/mol. The monoisotopic (exact) mass is 265 g/mol. The third-order valence-electron chi connectivity index (χ3n) is 4.13. The van der Waals surface area contributed by atoms with Crippen LogP contribution in [0.25, 0.3) is 0 Å². The zero-order chi connectivity index (χ0) is 13.4. The lowest BCUT2D eigenvalue weighted by Crippen LogP contribution is -2.44. The maximum Gasteiger partial charge on any atom is 0.295 e. The molecular formula is C13H16FN3O2. The Hall–Kier alpha value is -1.69. The Balaban J connectivity index is 1.87. The largest absolute Gasteiger partial charge is 0.366 e. The highest BCUT2D eigenvalue weighted by Crippen LogP contribution is 2.34. The molecule has 1 aromatic carbocycles. The fourth-order valence-corrected chi connectivity index (χ4v) is 3.18. The number of anilines is 1. The SMILES string of the molecule is O=[N+]([O-])c1cc(F)ccc1N1CCC2NCCC2C1. The predicted octanol–water partition coefficient (Wildman–Crippen LogP) is 1.92. The van der Waals surface area contributed by atoms with Crippen molar-refractivity contribution in [1.82, 2.24) is 5.32 Å². The maximum atomic E-state index is 13.2. The highest BCUT2D eigenvalue weighted by molar-refractivity contribution is 5.63. The highest BCUT2D eigenvalue weighted by atomic mass is 19.1. The van der Waals surface area contributed by atoms with E-state index in [0.29, 0.717) is 17.6 Å². The highest BCUT2D eigenvalue weighted by Gasteiger charge is 2.34. The summed E-state index contributed by atoms with van der Waals surface area (Å²) >= 11 is 0. The molecule has 2 atom stereocenters. The molecule has 2 unspecified atom stereocenters. The molecule has 0 aliphatic carbocycles. The lowest BCUT2D eigenvalue weighted by atomic mass is 9.93. The van der Waals surface area contributed by atoms with Gasteiger partial charge in [-0.1, -0.05) is 0 Å². The molecule has 0 saturated carbocycles. The quantitative estimate of drug-likeness (QED) is 0.655. The normalized spacial score (nSPS) is 26.3. The van der Waals surface area contributed by atoms with E-state index in [2.05, 4.69) is 5.32 Å². The van der Waals surface area contributed by atoms with Gasteiger partial charge in [-0.2, -0.15) is 0 Å². The molecule has 2 aliphatic rings. The van der Waals surface area contributed by atoms with Gasteiger partial charge < -0.3 is 10.2 Å². The number of nitro benzene ring substituents is 1. The van der Waals surface area contributed by atoms with Crippen LogP contribution >= 0.6 is 0 Å². The molecule has 2 saturated heterocycles. The molecule has 1 aromatic rings. The molecule has 2 aliphatic heterocycles. The van der Waals surface area contributed by atoms with Crippen molar-refractivity contribution in [3.8, 4) is 0 Å². The van der Waals surface area contributed by atoms with Gasteiger partial charge in [-0.15, -0.1) is 0 Å². The molecule has 2 fully saturated rings. The molecule has 6 heteroatoms. The topological polar surface area (TPSA) is 58.4 Å². The summed E-state index contributed by atoms with van der Waals surface area (Å²) in [6.45, 7) is 2.61. The third-order valence-corrected chi connectivity index (χ3v) is 4.13. The van der Waals surface area contributed by atoms with Gasteiger partial charge in [-0.05, 0) is 37.4 Å². The van der Waals surface area contributed by atoms with Gasteiger partial charge in [0.15, 0.2) is 0 Å². The second-order valence-corrected chi connectivity index (χ2v) is 5.23. The average Bonchev–Trinajstić information content (AvgIpc) is 2.85. The number of fused-ring (bicyclic) bond motifs is 1. The van der Waals surface area contributed by atoms with Crippen LogP contribution in [0.5, 0.6) is 0 Å². The Morgan fingerprint density at radius 3 is 3.05 bits per heavy atom. The molecule has 2 heterocycles. The first-order valence-electron chi connectivity index (χ1n) is 6.57. The van der Waals surface area contributed by atoms with E-state index >= 15 is 0 Å². The minimum atomic E-state index is -0.562. The van der Waals surface area contributed by atoms with Crippen molar-refractivity contribution in [2.24, 2.45) is 5.92 Å². The van der Waals surface area contributed by atoms with Gasteiger partial charge in [0, 0.05) is 19.1 Å². The summed E-state index contributed by atoms with van der Waals surface area (Å²) in [6, 6.07) is 4.36. The molecule has 0 radical (unpaired) electrons. The van der Waals surface area contributed by atoms with E-state index in [9.17, 15) is 14.5 Å². The smallest absolute Gasteiger partial charge is 0.295 e. The van der Waals surface area contributed by atoms with Crippen LogP contribution in [0.15, 0.2) is 18.2 Å². The van der Waals surface area contributed by atoms with Crippen LogP contribution in [-0.4, -0.2) is 30.6 Å². The molecule has 19 heavy (non-hydrogen) atoms. The summed E-state index contributed by atoms with van der Waals surface area (Å²) in [5, 5.41) is 14.5. The Morgan fingerprint density at radius 1 is 1.42 bits per heavy atom. The fourth-order valence-electron chi connectivity index (χ4n) is 3.18. The standard InChI is InChI=1S/C13H16FN3O2/c14-10-1-2-12(13(7-10)17(18)19)16-6-4-11-9(8-16)3-5-15-11/h1-2,7,9,11,15H,3-6,8H2. The number of nitrogens with zero attached hydrogens (tertiary/aromatic N) is 2. The molecule has 102 valence electrons. The Morgan fingerprint density at radius 2 is 2.26 bits per heavy atom. The number of nitrogens with one attached hydrogen (secondary N) is 1. The molecule has 5 nitrogen and oxygen atoms in total.